The minimum atomic E-state index is -1.33. The Balaban J connectivity index is 0.000000313. The van der Waals surface area contributed by atoms with Gasteiger partial charge in [0.05, 0.1) is 6.04 Å². The lowest BCUT2D eigenvalue weighted by atomic mass is 10.0. The van der Waals surface area contributed by atoms with Crippen LogP contribution in [0.4, 0.5) is 17.6 Å². The van der Waals surface area contributed by atoms with Crippen molar-refractivity contribution >= 4 is 12.2 Å². The molecule has 1 aromatic carbocycles. The van der Waals surface area contributed by atoms with Crippen molar-refractivity contribution in [2.75, 3.05) is 0 Å². The average Bonchev–Trinajstić information content (AvgIpc) is 3.06. The highest BCUT2D eigenvalue weighted by molar-refractivity contribution is 7.71. The zero-order valence-electron chi connectivity index (χ0n) is 11.4. The Morgan fingerprint density at radius 2 is 1.91 bits per heavy atom. The van der Waals surface area contributed by atoms with Gasteiger partial charge in [0, 0.05) is 12.0 Å². The van der Waals surface area contributed by atoms with Crippen LogP contribution in [0.25, 0.3) is 0 Å². The van der Waals surface area contributed by atoms with Gasteiger partial charge in [-0.15, -0.1) is 0 Å². The topological polar surface area (TPSA) is 33.6 Å². The second-order valence-electron chi connectivity index (χ2n) is 5.32. The van der Waals surface area contributed by atoms with E-state index in [0.717, 1.165) is 31.0 Å². The number of rotatable bonds is 1. The van der Waals surface area contributed by atoms with Crippen molar-refractivity contribution in [3.05, 3.63) is 46.0 Å². The van der Waals surface area contributed by atoms with Crippen LogP contribution in [0.15, 0.2) is 18.2 Å². The molecule has 2 aliphatic rings. The number of halogens is 4. The fourth-order valence-electron chi connectivity index (χ4n) is 2.31. The van der Waals surface area contributed by atoms with E-state index in [4.69, 9.17) is 12.2 Å². The van der Waals surface area contributed by atoms with E-state index >= 15 is 0 Å². The van der Waals surface area contributed by atoms with Gasteiger partial charge in [-0.2, -0.15) is 0 Å². The molecule has 0 amide bonds. The zero-order chi connectivity index (χ0) is 15.9. The van der Waals surface area contributed by atoms with Gasteiger partial charge in [0.15, 0.2) is 12.0 Å². The highest BCUT2D eigenvalue weighted by Gasteiger charge is 2.35. The molecule has 1 aliphatic carbocycles. The largest absolute Gasteiger partial charge is 0.270 e. The molecule has 1 aromatic heterocycles. The van der Waals surface area contributed by atoms with Gasteiger partial charge in [-0.1, -0.05) is 0 Å². The molecule has 2 unspecified atom stereocenters. The number of hydrogen-bond donors (Lipinski definition) is 1. The van der Waals surface area contributed by atoms with E-state index in [1.165, 1.54) is 4.68 Å². The van der Waals surface area contributed by atoms with Crippen LogP contribution in [-0.4, -0.2) is 20.9 Å². The van der Waals surface area contributed by atoms with E-state index in [-0.39, 0.29) is 22.6 Å². The van der Waals surface area contributed by atoms with Gasteiger partial charge in [-0.3, -0.25) is 9.78 Å². The zero-order valence-corrected chi connectivity index (χ0v) is 12.2. The maximum absolute atomic E-state index is 13.7. The van der Waals surface area contributed by atoms with Gasteiger partial charge in [-0.05, 0) is 43.3 Å². The SMILES string of the molecule is FC1CC1.Fc1ccc(F)c(C2CC(F)c3nc(=S)[nH]n32)c1. The summed E-state index contributed by atoms with van der Waals surface area (Å²) in [5.74, 6) is -1.00. The highest BCUT2D eigenvalue weighted by Crippen LogP contribution is 2.39. The van der Waals surface area contributed by atoms with Crippen molar-refractivity contribution < 1.29 is 17.6 Å². The molecule has 1 aliphatic heterocycles. The number of nitrogens with one attached hydrogen (secondary N) is 1. The lowest BCUT2D eigenvalue weighted by Gasteiger charge is -2.13. The monoisotopic (exact) mass is 331 g/mol. The lowest BCUT2D eigenvalue weighted by Crippen LogP contribution is -2.09. The Labute approximate surface area is 129 Å². The number of aromatic amines is 1. The van der Waals surface area contributed by atoms with Crippen molar-refractivity contribution in [3.8, 4) is 0 Å². The maximum Gasteiger partial charge on any atom is 0.213 e. The minimum absolute atomic E-state index is 0.0226. The summed E-state index contributed by atoms with van der Waals surface area (Å²) in [7, 11) is 0. The third-order valence-corrected chi connectivity index (χ3v) is 3.71. The van der Waals surface area contributed by atoms with Gasteiger partial charge < -0.3 is 0 Å². The second kappa shape index (κ2) is 5.83. The lowest BCUT2D eigenvalue weighted by molar-refractivity contribution is 0.326. The van der Waals surface area contributed by atoms with E-state index in [2.05, 4.69) is 10.1 Å². The smallest absolute Gasteiger partial charge is 0.213 e. The van der Waals surface area contributed by atoms with E-state index in [1.807, 2.05) is 0 Å². The third kappa shape index (κ3) is 3.06. The summed E-state index contributed by atoms with van der Waals surface area (Å²) in [5, 5.41) is 2.67. The number of aromatic nitrogens is 3. The van der Waals surface area contributed by atoms with Crippen LogP contribution in [0.3, 0.4) is 0 Å². The molecule has 2 atom stereocenters. The standard InChI is InChI=1S/C11H8F3N3S.C3H5F/c12-5-1-2-7(13)6(3-5)9-4-8(14)10-15-11(18)16-17(9)10;4-3-1-2-3/h1-3,8-9H,4H2,(H,16,18);3H,1-2H2. The first kappa shape index (κ1) is 15.2. The van der Waals surface area contributed by atoms with Crippen LogP contribution in [0.1, 0.15) is 42.9 Å². The van der Waals surface area contributed by atoms with Crippen LogP contribution in [0, 0.1) is 16.4 Å². The summed E-state index contributed by atoms with van der Waals surface area (Å²) < 4.78 is 53.2. The summed E-state index contributed by atoms with van der Waals surface area (Å²) >= 11 is 4.81. The maximum atomic E-state index is 13.7. The minimum Gasteiger partial charge on any atom is -0.270 e. The molecule has 2 aromatic rings. The van der Waals surface area contributed by atoms with Gasteiger partial charge in [0.1, 0.15) is 17.8 Å². The molecule has 1 N–H and O–H groups in total. The number of alkyl halides is 2. The Morgan fingerprint density at radius 1 is 1.23 bits per heavy atom. The molecule has 0 radical (unpaired) electrons. The summed E-state index contributed by atoms with van der Waals surface area (Å²) in [4.78, 5) is 3.83. The number of fused-ring (bicyclic) bond motifs is 1. The van der Waals surface area contributed by atoms with Crippen molar-refractivity contribution in [2.45, 2.75) is 37.6 Å². The molecule has 8 heteroatoms. The Bertz CT molecular complexity index is 738. The number of nitrogens with zero attached hydrogens (tertiary/aromatic N) is 2. The van der Waals surface area contributed by atoms with E-state index in [1.54, 1.807) is 0 Å². The van der Waals surface area contributed by atoms with E-state index in [0.29, 0.717) is 0 Å². The molecule has 2 heterocycles. The molecule has 1 saturated carbocycles. The summed E-state index contributed by atoms with van der Waals surface area (Å²) in [5.41, 5.74) is 0.0973. The van der Waals surface area contributed by atoms with Crippen molar-refractivity contribution in [1.29, 1.82) is 0 Å². The van der Waals surface area contributed by atoms with Crippen molar-refractivity contribution in [2.24, 2.45) is 0 Å². The summed E-state index contributed by atoms with van der Waals surface area (Å²) in [6.07, 6.45) is -0.0833. The second-order valence-corrected chi connectivity index (χ2v) is 5.70. The van der Waals surface area contributed by atoms with Crippen LogP contribution in [0.5, 0.6) is 0 Å². The Hall–Kier alpha value is -1.70. The van der Waals surface area contributed by atoms with Gasteiger partial charge in [-0.25, -0.2) is 22.5 Å². The molecule has 3 nitrogen and oxygen atoms in total. The first-order valence-corrected chi connectivity index (χ1v) is 7.28. The van der Waals surface area contributed by atoms with E-state index < -0.39 is 30.0 Å². The Kier molecular flexibility index (Phi) is 4.03. The van der Waals surface area contributed by atoms with Gasteiger partial charge in [0.25, 0.3) is 0 Å². The quantitative estimate of drug-likeness (QED) is 0.623. The average molecular weight is 331 g/mol. The fraction of sp³-hybridized carbons (Fsp3) is 0.429. The predicted molar refractivity (Wildman–Crippen MR) is 74.5 cm³/mol. The van der Waals surface area contributed by atoms with Gasteiger partial charge in [0.2, 0.25) is 4.77 Å². The highest BCUT2D eigenvalue weighted by atomic mass is 32.1. The fourth-order valence-corrected chi connectivity index (χ4v) is 2.50. The van der Waals surface area contributed by atoms with Crippen molar-refractivity contribution in [3.63, 3.8) is 0 Å². The summed E-state index contributed by atoms with van der Waals surface area (Å²) in [6, 6.07) is 2.48. The third-order valence-electron chi connectivity index (χ3n) is 3.52. The number of benzene rings is 1. The molecule has 1 fully saturated rings. The van der Waals surface area contributed by atoms with Crippen LogP contribution >= 0.6 is 12.2 Å². The van der Waals surface area contributed by atoms with Crippen LogP contribution in [0.2, 0.25) is 0 Å². The predicted octanol–water partition coefficient (Wildman–Crippen LogP) is 4.34. The molecule has 0 spiro atoms. The number of H-pyrrole nitrogens is 1. The van der Waals surface area contributed by atoms with Gasteiger partial charge >= 0.3 is 0 Å². The molecule has 4 rings (SSSR count). The molecule has 0 bridgehead atoms. The van der Waals surface area contributed by atoms with E-state index in [9.17, 15) is 17.6 Å². The molecular formula is C14H13F4N3S. The molecular weight excluding hydrogens is 318 g/mol. The Morgan fingerprint density at radius 3 is 2.55 bits per heavy atom. The normalized spacial score (nSPS) is 22.9. The number of hydrogen-bond acceptors (Lipinski definition) is 2. The first-order valence-electron chi connectivity index (χ1n) is 6.87. The van der Waals surface area contributed by atoms with Crippen LogP contribution < -0.4 is 0 Å². The molecule has 118 valence electrons. The summed E-state index contributed by atoms with van der Waals surface area (Å²) in [6.45, 7) is 0. The first-order chi connectivity index (χ1) is 10.5. The van der Waals surface area contributed by atoms with Crippen molar-refractivity contribution in [1.82, 2.24) is 14.8 Å². The molecule has 22 heavy (non-hydrogen) atoms. The van der Waals surface area contributed by atoms with Crippen LogP contribution in [-0.2, 0) is 0 Å². The molecule has 0 saturated heterocycles.